The Morgan fingerprint density at radius 3 is 2.73 bits per heavy atom. The standard InChI is InChI=1S/C19H14ClN3O3/c1-2-11-23-15-9-5-3-7-13(15)18(19(23)25)22-21-17(24)12-26-16-10-6-4-8-14(16)20/h1,3-10,25H,11-12H2. The third kappa shape index (κ3) is 3.53. The molecule has 130 valence electrons. The Balaban J connectivity index is 1.80. The number of nitrogens with zero attached hydrogens (tertiary/aromatic N) is 3. The first kappa shape index (κ1) is 17.5. The Morgan fingerprint density at radius 1 is 1.23 bits per heavy atom. The molecule has 1 N–H and O–H groups in total. The number of hydrogen-bond donors (Lipinski definition) is 1. The van der Waals surface area contributed by atoms with Gasteiger partial charge in [0.05, 0.1) is 17.1 Å². The van der Waals surface area contributed by atoms with Gasteiger partial charge in [0.15, 0.2) is 12.3 Å². The average molecular weight is 368 g/mol. The summed E-state index contributed by atoms with van der Waals surface area (Å²) in [4.78, 5) is 11.9. The minimum atomic E-state index is -0.613. The zero-order valence-electron chi connectivity index (χ0n) is 13.6. The molecule has 26 heavy (non-hydrogen) atoms. The van der Waals surface area contributed by atoms with E-state index in [2.05, 4.69) is 16.1 Å². The van der Waals surface area contributed by atoms with E-state index in [9.17, 15) is 9.90 Å². The molecule has 0 saturated carbocycles. The van der Waals surface area contributed by atoms with Gasteiger partial charge in [-0.05, 0) is 18.2 Å². The molecule has 0 aliphatic heterocycles. The van der Waals surface area contributed by atoms with E-state index in [1.807, 2.05) is 6.07 Å². The van der Waals surface area contributed by atoms with E-state index < -0.39 is 5.91 Å². The molecular formula is C19H14ClN3O3. The van der Waals surface area contributed by atoms with Crippen LogP contribution in [0, 0.1) is 12.3 Å². The second-order valence-electron chi connectivity index (χ2n) is 5.29. The van der Waals surface area contributed by atoms with E-state index in [4.69, 9.17) is 22.8 Å². The van der Waals surface area contributed by atoms with Crippen LogP contribution in [0.15, 0.2) is 58.8 Å². The van der Waals surface area contributed by atoms with E-state index in [0.29, 0.717) is 21.7 Å². The molecular weight excluding hydrogens is 354 g/mol. The molecule has 7 heteroatoms. The van der Waals surface area contributed by atoms with Crippen molar-refractivity contribution in [1.82, 2.24) is 4.57 Å². The van der Waals surface area contributed by atoms with E-state index >= 15 is 0 Å². The Bertz CT molecular complexity index is 1030. The monoisotopic (exact) mass is 367 g/mol. The normalized spacial score (nSPS) is 10.9. The van der Waals surface area contributed by atoms with Gasteiger partial charge < -0.3 is 9.84 Å². The Hall–Kier alpha value is -3.30. The maximum atomic E-state index is 11.9. The van der Waals surface area contributed by atoms with Crippen molar-refractivity contribution in [2.75, 3.05) is 6.61 Å². The predicted octanol–water partition coefficient (Wildman–Crippen LogP) is 4.32. The van der Waals surface area contributed by atoms with Gasteiger partial charge in [-0.1, -0.05) is 47.9 Å². The molecule has 0 atom stereocenters. The molecule has 0 aliphatic rings. The lowest BCUT2D eigenvalue weighted by Crippen LogP contribution is -2.08. The summed E-state index contributed by atoms with van der Waals surface area (Å²) in [6.45, 7) is -0.150. The molecule has 1 amide bonds. The van der Waals surface area contributed by atoms with Crippen LogP contribution in [-0.2, 0) is 11.3 Å². The van der Waals surface area contributed by atoms with Gasteiger partial charge in [-0.2, -0.15) is 0 Å². The van der Waals surface area contributed by atoms with Crippen molar-refractivity contribution < 1.29 is 14.6 Å². The first-order chi connectivity index (χ1) is 12.6. The lowest BCUT2D eigenvalue weighted by Gasteiger charge is -2.04. The number of rotatable bonds is 5. The minimum Gasteiger partial charge on any atom is -0.493 e. The second kappa shape index (κ2) is 7.72. The summed E-state index contributed by atoms with van der Waals surface area (Å²) in [5.74, 6) is 2.09. The fourth-order valence-corrected chi connectivity index (χ4v) is 2.65. The number of halogens is 1. The van der Waals surface area contributed by atoms with Crippen LogP contribution in [0.3, 0.4) is 0 Å². The summed E-state index contributed by atoms with van der Waals surface area (Å²) in [5.41, 5.74) is 0.888. The first-order valence-corrected chi connectivity index (χ1v) is 8.05. The molecule has 0 bridgehead atoms. The highest BCUT2D eigenvalue weighted by Gasteiger charge is 2.16. The van der Waals surface area contributed by atoms with Crippen molar-refractivity contribution in [2.24, 2.45) is 10.2 Å². The zero-order valence-corrected chi connectivity index (χ0v) is 14.3. The highest BCUT2D eigenvalue weighted by atomic mass is 35.5. The molecule has 0 radical (unpaired) electrons. The molecule has 0 spiro atoms. The minimum absolute atomic E-state index is 0.146. The number of terminal acetylenes is 1. The number of fused-ring (bicyclic) bond motifs is 1. The van der Waals surface area contributed by atoms with Gasteiger partial charge in [-0.25, -0.2) is 0 Å². The van der Waals surface area contributed by atoms with E-state index in [1.54, 1.807) is 42.5 Å². The summed E-state index contributed by atoms with van der Waals surface area (Å²) >= 11 is 5.96. The maximum absolute atomic E-state index is 11.9. The second-order valence-corrected chi connectivity index (χ2v) is 5.70. The SMILES string of the molecule is C#CCn1c(O)c(N=NC(=O)COc2ccccc2Cl)c2ccccc21. The molecule has 6 nitrogen and oxygen atoms in total. The number of amides is 1. The van der Waals surface area contributed by atoms with Gasteiger partial charge in [0.1, 0.15) is 5.75 Å². The molecule has 0 aliphatic carbocycles. The molecule has 0 unspecified atom stereocenters. The van der Waals surface area contributed by atoms with E-state index in [0.717, 1.165) is 0 Å². The van der Waals surface area contributed by atoms with Crippen molar-refractivity contribution >= 4 is 34.1 Å². The topological polar surface area (TPSA) is 76.2 Å². The van der Waals surface area contributed by atoms with Gasteiger partial charge in [0, 0.05) is 5.39 Å². The predicted molar refractivity (Wildman–Crippen MR) is 98.9 cm³/mol. The summed E-state index contributed by atoms with van der Waals surface area (Å²) in [7, 11) is 0. The Kier molecular flexibility index (Phi) is 5.20. The summed E-state index contributed by atoms with van der Waals surface area (Å²) < 4.78 is 6.84. The molecule has 2 aromatic carbocycles. The number of aromatic hydroxyl groups is 1. The van der Waals surface area contributed by atoms with Crippen LogP contribution in [0.5, 0.6) is 11.6 Å². The van der Waals surface area contributed by atoms with Crippen molar-refractivity contribution in [3.05, 3.63) is 53.6 Å². The lowest BCUT2D eigenvalue weighted by atomic mass is 10.2. The van der Waals surface area contributed by atoms with Crippen molar-refractivity contribution in [3.8, 4) is 24.0 Å². The van der Waals surface area contributed by atoms with Crippen LogP contribution >= 0.6 is 11.6 Å². The van der Waals surface area contributed by atoms with Gasteiger partial charge in [0.2, 0.25) is 5.88 Å². The Morgan fingerprint density at radius 2 is 1.96 bits per heavy atom. The zero-order chi connectivity index (χ0) is 18.5. The van der Waals surface area contributed by atoms with E-state index in [1.165, 1.54) is 4.57 Å². The number of carbonyl (C=O) groups is 1. The quantitative estimate of drug-likeness (QED) is 0.539. The Labute approximate surface area is 154 Å². The van der Waals surface area contributed by atoms with Crippen LogP contribution in [0.1, 0.15) is 0 Å². The number of ether oxygens (including phenoxy) is 1. The number of azo groups is 1. The molecule has 0 fully saturated rings. The van der Waals surface area contributed by atoms with Crippen LogP contribution in [0.4, 0.5) is 5.69 Å². The van der Waals surface area contributed by atoms with Gasteiger partial charge in [-0.3, -0.25) is 9.36 Å². The largest absolute Gasteiger partial charge is 0.493 e. The third-order valence-electron chi connectivity index (χ3n) is 3.62. The summed E-state index contributed by atoms with van der Waals surface area (Å²) in [6, 6.07) is 14.0. The summed E-state index contributed by atoms with van der Waals surface area (Å²) in [6.07, 6.45) is 5.34. The number of hydrogen-bond acceptors (Lipinski definition) is 4. The van der Waals surface area contributed by atoms with E-state index in [-0.39, 0.29) is 24.7 Å². The average Bonchev–Trinajstić information content (AvgIpc) is 2.91. The van der Waals surface area contributed by atoms with Crippen LogP contribution in [-0.4, -0.2) is 22.2 Å². The van der Waals surface area contributed by atoms with Gasteiger partial charge >= 0.3 is 5.91 Å². The van der Waals surface area contributed by atoms with Crippen LogP contribution < -0.4 is 4.74 Å². The molecule has 1 aromatic heterocycles. The van der Waals surface area contributed by atoms with Gasteiger partial charge in [0.25, 0.3) is 0 Å². The number of carbonyl (C=O) groups excluding carboxylic acids is 1. The molecule has 1 heterocycles. The summed E-state index contributed by atoms with van der Waals surface area (Å²) in [5, 5.41) is 18.9. The third-order valence-corrected chi connectivity index (χ3v) is 3.93. The lowest BCUT2D eigenvalue weighted by molar-refractivity contribution is -0.120. The maximum Gasteiger partial charge on any atom is 0.302 e. The number of benzene rings is 2. The number of aromatic nitrogens is 1. The fraction of sp³-hybridized carbons (Fsp3) is 0.105. The van der Waals surface area contributed by atoms with Gasteiger partial charge in [-0.15, -0.1) is 16.7 Å². The first-order valence-electron chi connectivity index (χ1n) is 7.67. The van der Waals surface area contributed by atoms with Crippen LogP contribution in [0.2, 0.25) is 5.02 Å². The highest BCUT2D eigenvalue weighted by molar-refractivity contribution is 6.32. The highest BCUT2D eigenvalue weighted by Crippen LogP contribution is 2.38. The molecule has 3 rings (SSSR count). The number of para-hydroxylation sites is 2. The van der Waals surface area contributed by atoms with Crippen molar-refractivity contribution in [1.29, 1.82) is 0 Å². The van der Waals surface area contributed by atoms with Crippen LogP contribution in [0.25, 0.3) is 10.9 Å². The van der Waals surface area contributed by atoms with Crippen molar-refractivity contribution in [2.45, 2.75) is 6.54 Å². The molecule has 0 saturated heterocycles. The molecule has 3 aromatic rings. The smallest absolute Gasteiger partial charge is 0.302 e. The fourth-order valence-electron chi connectivity index (χ4n) is 2.46. The van der Waals surface area contributed by atoms with Crippen molar-refractivity contribution in [3.63, 3.8) is 0 Å².